The molecule has 0 saturated carbocycles. The van der Waals surface area contributed by atoms with E-state index in [9.17, 15) is 29.4 Å². The van der Waals surface area contributed by atoms with Crippen LogP contribution in [0.2, 0.25) is 0 Å². The zero-order valence-corrected chi connectivity index (χ0v) is 21.4. The summed E-state index contributed by atoms with van der Waals surface area (Å²) < 4.78 is 0. The van der Waals surface area contributed by atoms with Gasteiger partial charge >= 0.3 is 5.97 Å². The van der Waals surface area contributed by atoms with Crippen LogP contribution in [0.3, 0.4) is 0 Å². The Balaban J connectivity index is 1.39. The molecule has 190 valence electrons. The minimum absolute atomic E-state index is 0.0233. The van der Waals surface area contributed by atoms with E-state index in [4.69, 9.17) is 5.73 Å². The van der Waals surface area contributed by atoms with Crippen LogP contribution in [-0.2, 0) is 14.4 Å². The number of fused-ring (bicyclic) bond motifs is 1. The number of hydrogen-bond acceptors (Lipinski definition) is 9. The zero-order chi connectivity index (χ0) is 25.8. The SMILES string of the molecule is CC(C)[C@H](NC(=O)c1csc(N2CC(SC3=C(C(=O)O)N4C(=O)[C@H]([C@@H](C)O)[C@H]4[C@H]3C)C2)n1)C(N)=O. The van der Waals surface area contributed by atoms with Gasteiger partial charge in [0, 0.05) is 34.5 Å². The molecule has 0 spiro atoms. The lowest BCUT2D eigenvalue weighted by Crippen LogP contribution is -2.63. The van der Waals surface area contributed by atoms with Crippen molar-refractivity contribution in [3.63, 3.8) is 0 Å². The third-order valence-corrected chi connectivity index (χ3v) is 9.06. The molecule has 1 aromatic heterocycles. The summed E-state index contributed by atoms with van der Waals surface area (Å²) in [5, 5.41) is 24.8. The Morgan fingerprint density at radius 1 is 1.29 bits per heavy atom. The largest absolute Gasteiger partial charge is 0.477 e. The molecule has 5 atom stereocenters. The lowest BCUT2D eigenvalue weighted by atomic mass is 9.79. The van der Waals surface area contributed by atoms with Gasteiger partial charge < -0.3 is 31.1 Å². The number of aromatic nitrogens is 1. The van der Waals surface area contributed by atoms with Crippen molar-refractivity contribution in [3.05, 3.63) is 21.7 Å². The molecular weight excluding hydrogens is 494 g/mol. The molecule has 2 fully saturated rings. The number of anilines is 1. The fourth-order valence-corrected chi connectivity index (χ4v) is 7.17. The van der Waals surface area contributed by atoms with Crippen molar-refractivity contribution in [1.29, 1.82) is 0 Å². The maximum atomic E-state index is 12.5. The van der Waals surface area contributed by atoms with E-state index >= 15 is 0 Å². The predicted molar refractivity (Wildman–Crippen MR) is 131 cm³/mol. The first-order valence-corrected chi connectivity index (χ1v) is 13.1. The summed E-state index contributed by atoms with van der Waals surface area (Å²) in [5.74, 6) is -3.45. The normalized spacial score (nSPS) is 25.8. The zero-order valence-electron chi connectivity index (χ0n) is 19.8. The number of rotatable bonds is 9. The van der Waals surface area contributed by atoms with Gasteiger partial charge in [0.25, 0.3) is 5.91 Å². The second-order valence-corrected chi connectivity index (χ2v) is 11.7. The van der Waals surface area contributed by atoms with Gasteiger partial charge in [-0.1, -0.05) is 20.8 Å². The number of aliphatic carboxylic acids is 1. The van der Waals surface area contributed by atoms with Gasteiger partial charge in [0.1, 0.15) is 17.4 Å². The smallest absolute Gasteiger partial charge is 0.353 e. The highest BCUT2D eigenvalue weighted by molar-refractivity contribution is 8.03. The summed E-state index contributed by atoms with van der Waals surface area (Å²) in [4.78, 5) is 56.9. The van der Waals surface area contributed by atoms with Gasteiger partial charge in [-0.05, 0) is 12.8 Å². The highest BCUT2D eigenvalue weighted by Gasteiger charge is 2.60. The molecule has 0 aliphatic carbocycles. The van der Waals surface area contributed by atoms with E-state index in [1.165, 1.54) is 28.0 Å². The topological polar surface area (TPSA) is 166 Å². The van der Waals surface area contributed by atoms with Gasteiger partial charge in [-0.25, -0.2) is 9.78 Å². The van der Waals surface area contributed by atoms with Crippen molar-refractivity contribution in [2.45, 2.75) is 51.1 Å². The molecule has 11 nitrogen and oxygen atoms in total. The summed E-state index contributed by atoms with van der Waals surface area (Å²) in [6.45, 7) is 8.25. The number of carbonyl (C=O) groups excluding carboxylic acids is 3. The number of nitrogens with zero attached hydrogens (tertiary/aromatic N) is 3. The molecule has 0 bridgehead atoms. The number of aliphatic hydroxyl groups is 1. The number of thiazole rings is 1. The lowest BCUT2D eigenvalue weighted by Gasteiger charge is -2.46. The number of nitrogens with two attached hydrogens (primary N) is 1. The highest BCUT2D eigenvalue weighted by Crippen LogP contribution is 2.52. The Labute approximate surface area is 210 Å². The summed E-state index contributed by atoms with van der Waals surface area (Å²) in [6, 6.07) is -1.11. The third-order valence-electron chi connectivity index (χ3n) is 6.71. The Kier molecular flexibility index (Phi) is 6.86. The number of amides is 3. The third kappa shape index (κ3) is 4.40. The first-order valence-electron chi connectivity index (χ1n) is 11.4. The first kappa shape index (κ1) is 25.5. The summed E-state index contributed by atoms with van der Waals surface area (Å²) in [5.41, 5.74) is 5.60. The van der Waals surface area contributed by atoms with Crippen molar-refractivity contribution in [3.8, 4) is 0 Å². The van der Waals surface area contributed by atoms with Gasteiger partial charge in [0.15, 0.2) is 5.13 Å². The van der Waals surface area contributed by atoms with Crippen LogP contribution in [-0.4, -0.2) is 80.3 Å². The monoisotopic (exact) mass is 523 g/mol. The molecule has 0 unspecified atom stereocenters. The molecule has 3 amide bonds. The summed E-state index contributed by atoms with van der Waals surface area (Å²) >= 11 is 2.77. The fourth-order valence-electron chi connectivity index (χ4n) is 4.82. The van der Waals surface area contributed by atoms with Crippen molar-refractivity contribution < 1.29 is 29.4 Å². The minimum atomic E-state index is -1.14. The van der Waals surface area contributed by atoms with Crippen LogP contribution in [0.25, 0.3) is 0 Å². The molecule has 0 radical (unpaired) electrons. The van der Waals surface area contributed by atoms with E-state index in [-0.39, 0.29) is 40.4 Å². The van der Waals surface area contributed by atoms with Gasteiger partial charge in [0.05, 0.1) is 18.1 Å². The van der Waals surface area contributed by atoms with Crippen molar-refractivity contribution in [1.82, 2.24) is 15.2 Å². The maximum absolute atomic E-state index is 12.5. The molecule has 3 aliphatic rings. The van der Waals surface area contributed by atoms with Gasteiger partial charge in [-0.3, -0.25) is 14.4 Å². The van der Waals surface area contributed by atoms with Crippen LogP contribution >= 0.6 is 23.1 Å². The molecule has 3 aliphatic heterocycles. The molecule has 0 aromatic carbocycles. The van der Waals surface area contributed by atoms with Crippen molar-refractivity contribution >= 4 is 51.9 Å². The molecule has 5 N–H and O–H groups in total. The minimum Gasteiger partial charge on any atom is -0.477 e. The molecule has 13 heteroatoms. The Hall–Kier alpha value is -2.64. The summed E-state index contributed by atoms with van der Waals surface area (Å²) in [6.07, 6.45) is -0.833. The first-order chi connectivity index (χ1) is 16.4. The van der Waals surface area contributed by atoms with Crippen LogP contribution in [0, 0.1) is 17.8 Å². The fraction of sp³-hybridized carbons (Fsp3) is 0.591. The molecule has 2 saturated heterocycles. The van der Waals surface area contributed by atoms with Crippen LogP contribution in [0.4, 0.5) is 5.13 Å². The number of primary amides is 1. The Morgan fingerprint density at radius 3 is 2.49 bits per heavy atom. The van der Waals surface area contributed by atoms with Crippen molar-refractivity contribution in [2.24, 2.45) is 23.5 Å². The second-order valence-electron chi connectivity index (χ2n) is 9.53. The number of aliphatic hydroxyl groups excluding tert-OH is 1. The number of nitrogens with one attached hydrogen (secondary N) is 1. The lowest BCUT2D eigenvalue weighted by molar-refractivity contribution is -0.163. The highest BCUT2D eigenvalue weighted by atomic mass is 32.2. The van der Waals surface area contributed by atoms with Crippen LogP contribution in [0.5, 0.6) is 0 Å². The quantitative estimate of drug-likeness (QED) is 0.336. The van der Waals surface area contributed by atoms with Crippen LogP contribution in [0.1, 0.15) is 38.2 Å². The Morgan fingerprint density at radius 2 is 1.94 bits per heavy atom. The van der Waals surface area contributed by atoms with E-state index in [1.54, 1.807) is 26.2 Å². The van der Waals surface area contributed by atoms with E-state index in [0.717, 1.165) is 0 Å². The van der Waals surface area contributed by atoms with Crippen molar-refractivity contribution in [2.75, 3.05) is 18.0 Å². The molecule has 4 heterocycles. The second kappa shape index (κ2) is 9.43. The van der Waals surface area contributed by atoms with Gasteiger partial charge in [-0.15, -0.1) is 23.1 Å². The van der Waals surface area contributed by atoms with Crippen LogP contribution in [0.15, 0.2) is 16.0 Å². The number of β-lactam (4-membered cyclic amide) rings is 1. The molecule has 4 rings (SSSR count). The van der Waals surface area contributed by atoms with Gasteiger partial charge in [-0.2, -0.15) is 0 Å². The van der Waals surface area contributed by atoms with Gasteiger partial charge in [0.2, 0.25) is 11.8 Å². The van der Waals surface area contributed by atoms with E-state index in [1.807, 2.05) is 11.8 Å². The molecule has 1 aromatic rings. The number of carboxylic acid groups (broad SMARTS) is 1. The van der Waals surface area contributed by atoms with E-state index < -0.39 is 35.8 Å². The number of carboxylic acids is 1. The average molecular weight is 524 g/mol. The Bertz CT molecular complexity index is 1100. The summed E-state index contributed by atoms with van der Waals surface area (Å²) in [7, 11) is 0. The maximum Gasteiger partial charge on any atom is 0.353 e. The van der Waals surface area contributed by atoms with E-state index in [0.29, 0.717) is 23.1 Å². The number of hydrogen-bond donors (Lipinski definition) is 4. The van der Waals surface area contributed by atoms with E-state index in [2.05, 4.69) is 10.3 Å². The number of thioether (sulfide) groups is 1. The van der Waals surface area contributed by atoms with Crippen LogP contribution < -0.4 is 16.0 Å². The predicted octanol–water partition coefficient (Wildman–Crippen LogP) is 0.458. The molecular formula is C22H29N5O6S2. The average Bonchev–Trinajstić information content (AvgIpc) is 3.29. The standard InChI is InChI=1S/C22H29N5O6S2/c1-8(2)14(18(23)29)25-19(30)12-7-34-22(24-12)26-5-11(6-26)35-17-9(3)15-13(10(4)28)20(31)27(15)16(17)21(32)33/h7-11,13-15,28H,5-6H2,1-4H3,(H2,23,29)(H,25,30)(H,32,33)/t9-,10-,13-,14+,15-/m1/s1. The molecule has 35 heavy (non-hydrogen) atoms. The number of carbonyl (C=O) groups is 4.